The zero-order valence-corrected chi connectivity index (χ0v) is 43.3. The van der Waals surface area contributed by atoms with E-state index in [1.807, 2.05) is 25.1 Å². The van der Waals surface area contributed by atoms with Crippen molar-refractivity contribution in [2.45, 2.75) is 6.92 Å². The molecule has 3 heterocycles. The molecule has 2 amide bonds. The molecule has 374 valence electrons. The fourth-order valence-corrected chi connectivity index (χ4v) is 9.19. The third-order valence-corrected chi connectivity index (χ3v) is 12.8. The van der Waals surface area contributed by atoms with Crippen molar-refractivity contribution in [1.82, 2.24) is 19.5 Å². The van der Waals surface area contributed by atoms with Gasteiger partial charge in [-0.25, -0.2) is 19.3 Å². The zero-order valence-electron chi connectivity index (χ0n) is 39.6. The summed E-state index contributed by atoms with van der Waals surface area (Å²) >= 11 is 32.4. The average Bonchev–Trinajstić information content (AvgIpc) is 3.37. The lowest BCUT2D eigenvalue weighted by Crippen LogP contribution is -2.19. The topological polar surface area (TPSA) is 180 Å². The summed E-state index contributed by atoms with van der Waals surface area (Å²) in [6.07, 6.45) is 5.45. The van der Waals surface area contributed by atoms with E-state index in [0.717, 1.165) is 22.6 Å². The van der Waals surface area contributed by atoms with Gasteiger partial charge in [0.25, 0.3) is 5.56 Å². The molecule has 3 aromatic heterocycles. The number of fused-ring (bicyclic) bond motifs is 2. The van der Waals surface area contributed by atoms with E-state index in [0.29, 0.717) is 77.4 Å². The lowest BCUT2D eigenvalue weighted by molar-refractivity contribution is -0.112. The third-order valence-electron chi connectivity index (χ3n) is 11.1. The van der Waals surface area contributed by atoms with Crippen molar-refractivity contribution in [3.63, 3.8) is 0 Å². The lowest BCUT2D eigenvalue weighted by Gasteiger charge is -2.17. The highest BCUT2D eigenvalue weighted by atomic mass is 35.5. The van der Waals surface area contributed by atoms with Gasteiger partial charge in [0, 0.05) is 64.6 Å². The number of aryl methyl sites for hydroxylation is 2. The predicted octanol–water partition coefficient (Wildman–Crippen LogP) is 13.4. The molecule has 21 heteroatoms. The van der Waals surface area contributed by atoms with Crippen LogP contribution in [0.25, 0.3) is 44.1 Å². The van der Waals surface area contributed by atoms with Gasteiger partial charge in [0.05, 0.1) is 87.9 Å². The van der Waals surface area contributed by atoms with Crippen molar-refractivity contribution in [3.05, 3.63) is 157 Å². The Morgan fingerprint density at radius 1 is 0.671 bits per heavy atom. The van der Waals surface area contributed by atoms with E-state index in [4.69, 9.17) is 77.0 Å². The summed E-state index contributed by atoms with van der Waals surface area (Å²) in [6.45, 7) is 8.75. The van der Waals surface area contributed by atoms with Gasteiger partial charge in [-0.1, -0.05) is 83.3 Å². The van der Waals surface area contributed by atoms with Crippen molar-refractivity contribution in [2.75, 3.05) is 49.7 Å². The molecule has 8 aromatic rings. The fourth-order valence-electron chi connectivity index (χ4n) is 7.49. The van der Waals surface area contributed by atoms with Gasteiger partial charge in [0.1, 0.15) is 34.6 Å². The Morgan fingerprint density at radius 3 is 1.84 bits per heavy atom. The maximum Gasteiger partial charge on any atom is 0.258 e. The van der Waals surface area contributed by atoms with Gasteiger partial charge in [0.15, 0.2) is 0 Å². The first-order valence-electron chi connectivity index (χ1n) is 21.4. The van der Waals surface area contributed by atoms with E-state index < -0.39 is 17.3 Å². The highest BCUT2D eigenvalue weighted by Crippen LogP contribution is 2.47. The van der Waals surface area contributed by atoms with Crippen LogP contribution in [0.2, 0.25) is 25.1 Å². The number of anilines is 6. The van der Waals surface area contributed by atoms with E-state index in [1.165, 1.54) is 69.5 Å². The molecule has 0 spiro atoms. The largest absolute Gasteiger partial charge is 0.495 e. The van der Waals surface area contributed by atoms with Gasteiger partial charge < -0.3 is 44.8 Å². The minimum atomic E-state index is -0.607. The molecular formula is C52H42Cl5FN8O7. The van der Waals surface area contributed by atoms with E-state index in [1.54, 1.807) is 43.6 Å². The first-order valence-corrected chi connectivity index (χ1v) is 23.3. The minimum absolute atomic E-state index is 0.00760. The second kappa shape index (κ2) is 22.9. The number of benzene rings is 5. The number of methoxy groups -OCH3 is 4. The van der Waals surface area contributed by atoms with Crippen LogP contribution in [0.3, 0.4) is 0 Å². The number of rotatable bonds is 14. The number of aromatic nitrogens is 4. The molecule has 0 aliphatic carbocycles. The van der Waals surface area contributed by atoms with E-state index in [2.05, 4.69) is 49.4 Å². The number of para-hydroxylation sites is 1. The molecule has 8 rings (SSSR count). The Morgan fingerprint density at radius 2 is 1.25 bits per heavy atom. The number of nitrogens with one attached hydrogen (secondary N) is 4. The van der Waals surface area contributed by atoms with E-state index >= 15 is 0 Å². The highest BCUT2D eigenvalue weighted by molar-refractivity contribution is 6.42. The Bertz CT molecular complexity index is 3540. The zero-order chi connectivity index (χ0) is 52.8. The van der Waals surface area contributed by atoms with Crippen LogP contribution in [0.5, 0.6) is 23.0 Å². The first kappa shape index (κ1) is 53.2. The summed E-state index contributed by atoms with van der Waals surface area (Å²) in [5, 5.41) is 14.2. The van der Waals surface area contributed by atoms with Gasteiger partial charge in [-0.3, -0.25) is 14.4 Å². The molecule has 4 N–H and O–H groups in total. The van der Waals surface area contributed by atoms with Crippen LogP contribution in [0.15, 0.2) is 115 Å². The molecule has 0 atom stereocenters. The smallest absolute Gasteiger partial charge is 0.258 e. The Labute approximate surface area is 442 Å². The summed E-state index contributed by atoms with van der Waals surface area (Å²) in [7, 11) is 7.52. The van der Waals surface area contributed by atoms with Crippen LogP contribution in [0.4, 0.5) is 38.9 Å². The van der Waals surface area contributed by atoms with Gasteiger partial charge >= 0.3 is 0 Å². The monoisotopic (exact) mass is 1080 g/mol. The van der Waals surface area contributed by atoms with Gasteiger partial charge in [-0.15, -0.1) is 0 Å². The normalized spacial score (nSPS) is 10.7. The number of hydrogen-bond acceptors (Lipinski definition) is 12. The number of ether oxygens (including phenoxy) is 4. The fraction of sp³-hybridized carbons (Fsp3) is 0.115. The van der Waals surface area contributed by atoms with Gasteiger partial charge in [-0.2, -0.15) is 0 Å². The summed E-state index contributed by atoms with van der Waals surface area (Å²) < 4.78 is 37.4. The maximum atomic E-state index is 14.6. The van der Waals surface area contributed by atoms with Crippen molar-refractivity contribution >= 4 is 126 Å². The van der Waals surface area contributed by atoms with Crippen molar-refractivity contribution in [2.24, 2.45) is 7.05 Å². The third kappa shape index (κ3) is 11.2. The molecule has 0 radical (unpaired) electrons. The molecule has 0 bridgehead atoms. The number of nitrogens with zero attached hydrogens (tertiary/aromatic N) is 4. The number of carbonyl (C=O) groups excluding carboxylic acids is 2. The molecular weight excluding hydrogens is 1040 g/mol. The second-order valence-electron chi connectivity index (χ2n) is 15.5. The summed E-state index contributed by atoms with van der Waals surface area (Å²) in [6, 6.07) is 19.6. The number of pyridine rings is 2. The van der Waals surface area contributed by atoms with Crippen LogP contribution in [0, 0.1) is 12.7 Å². The number of amides is 2. The Balaban J connectivity index is 0.000000214. The van der Waals surface area contributed by atoms with Crippen LogP contribution in [0.1, 0.15) is 5.56 Å². The van der Waals surface area contributed by atoms with Crippen LogP contribution >= 0.6 is 58.0 Å². The maximum absolute atomic E-state index is 14.6. The first-order chi connectivity index (χ1) is 34.9. The number of carbonyl (C=O) groups is 2. The number of halogens is 6. The molecule has 73 heavy (non-hydrogen) atoms. The molecule has 15 nitrogen and oxygen atoms in total. The summed E-state index contributed by atoms with van der Waals surface area (Å²) in [5.41, 5.74) is 4.72. The van der Waals surface area contributed by atoms with Crippen molar-refractivity contribution < 1.29 is 32.9 Å². The Hall–Kier alpha value is -7.60. The molecule has 0 saturated carbocycles. The van der Waals surface area contributed by atoms with Crippen molar-refractivity contribution in [3.8, 4) is 45.3 Å². The predicted molar refractivity (Wildman–Crippen MR) is 290 cm³/mol. The molecule has 0 unspecified atom stereocenters. The van der Waals surface area contributed by atoms with Crippen LogP contribution < -0.4 is 45.8 Å². The average molecular weight is 1090 g/mol. The quantitative estimate of drug-likeness (QED) is 0.0758. The molecule has 5 aromatic carbocycles. The Kier molecular flexibility index (Phi) is 16.7. The number of hydrogen-bond donors (Lipinski definition) is 4. The van der Waals surface area contributed by atoms with Gasteiger partial charge in [-0.05, 0) is 72.7 Å². The lowest BCUT2D eigenvalue weighted by atomic mass is 10.0. The van der Waals surface area contributed by atoms with E-state index in [9.17, 15) is 18.8 Å². The van der Waals surface area contributed by atoms with Crippen molar-refractivity contribution in [1.29, 1.82) is 0 Å². The van der Waals surface area contributed by atoms with Crippen LogP contribution in [-0.4, -0.2) is 59.8 Å². The molecule has 0 aliphatic heterocycles. The van der Waals surface area contributed by atoms with Crippen LogP contribution in [-0.2, 0) is 16.6 Å². The van der Waals surface area contributed by atoms with Gasteiger partial charge in [0.2, 0.25) is 17.8 Å². The second-order valence-corrected chi connectivity index (χ2v) is 17.5. The molecule has 0 aliphatic rings. The molecule has 0 saturated heterocycles. The summed E-state index contributed by atoms with van der Waals surface area (Å²) in [4.78, 5) is 50.5. The summed E-state index contributed by atoms with van der Waals surface area (Å²) in [5.74, 6) is 0.596. The minimum Gasteiger partial charge on any atom is -0.495 e. The SMILES string of the molecule is C=CC(=O)Nc1cc(Cl)cc(C)c1Nc1ncc2cc(-c3c(Cl)c(OC)cc(OC)c3Cl)ccc2n1.C=CC(=O)Nc1cccc(F)c1Nc1cc2c(cn1)cc(-c1c(Cl)c(OC)cc(OC)c1Cl)c(=O)n2C. The standard InChI is InChI=1S/C26H21Cl3N4O3.C26H21Cl2FN4O4/c1-5-21(34)31-18-10-16(27)8-13(2)25(18)33-26-30-12-15-9-14(6-7-17(15)32-26)22-23(28)19(35-3)11-20(36-4)24(22)29;1-5-21(34)31-16-8-6-7-15(29)25(16)32-20-10-17-13(12-30-20)9-14(26(35)33(17)2)22-23(27)18(36-3)11-19(37-4)24(22)28/h5-12H,1H2,2-4H3,(H,31,34)(H,30,32,33);5-12H,1H2,2-4H3,(H,30,32)(H,31,34). The molecule has 0 fully saturated rings. The van der Waals surface area contributed by atoms with E-state index in [-0.39, 0.29) is 44.3 Å². The highest BCUT2D eigenvalue weighted by Gasteiger charge is 2.24.